The van der Waals surface area contributed by atoms with Crippen LogP contribution in [0.15, 0.2) is 66.7 Å². The normalized spacial score (nSPS) is 14.1. The largest absolute Gasteiger partial charge is 0.368 e. The highest BCUT2D eigenvalue weighted by Gasteiger charge is 2.25. The molecular formula is C31H32ClFIN3. The van der Waals surface area contributed by atoms with Gasteiger partial charge in [-0.15, -0.1) is 0 Å². The standard InChI is InChI=1S/C31H32ClFIN3/c1-20(2)37-22(4)30(34)29(31(37)23-7-9-25(32)10-8-23)24-17-26(33)19-28(18-24)36-15-13-35(14-16-36)27-11-5-21(3)6-12-27/h5-12,17-20H,13-16H2,1-4H3. The van der Waals surface area contributed by atoms with Crippen LogP contribution in [0.5, 0.6) is 0 Å². The second kappa shape index (κ2) is 10.7. The monoisotopic (exact) mass is 627 g/mol. The van der Waals surface area contributed by atoms with Gasteiger partial charge in [0.25, 0.3) is 0 Å². The molecule has 37 heavy (non-hydrogen) atoms. The molecule has 6 heteroatoms. The first-order valence-corrected chi connectivity index (χ1v) is 14.2. The molecule has 3 nitrogen and oxygen atoms in total. The van der Waals surface area contributed by atoms with Gasteiger partial charge in [0.2, 0.25) is 0 Å². The van der Waals surface area contributed by atoms with E-state index < -0.39 is 0 Å². The molecule has 1 fully saturated rings. The first-order valence-electron chi connectivity index (χ1n) is 12.8. The SMILES string of the molecule is Cc1ccc(N2CCN(c3cc(F)cc(-c4c(I)c(C)n(C(C)C)c4-c4ccc(Cl)cc4)c3)CC2)cc1. The lowest BCUT2D eigenvalue weighted by atomic mass is 10.00. The molecule has 0 atom stereocenters. The first kappa shape index (κ1) is 26.1. The van der Waals surface area contributed by atoms with Gasteiger partial charge in [0.05, 0.1) is 5.69 Å². The Morgan fingerprint density at radius 3 is 1.97 bits per heavy atom. The average Bonchev–Trinajstić information content (AvgIpc) is 3.15. The molecule has 0 saturated carbocycles. The molecule has 192 valence electrons. The maximum atomic E-state index is 15.2. The fourth-order valence-electron chi connectivity index (χ4n) is 5.36. The van der Waals surface area contributed by atoms with Crippen LogP contribution in [0.4, 0.5) is 15.8 Å². The number of anilines is 2. The quantitative estimate of drug-likeness (QED) is 0.205. The lowest BCUT2D eigenvalue weighted by Crippen LogP contribution is -2.46. The molecule has 2 heterocycles. The number of benzene rings is 3. The van der Waals surface area contributed by atoms with Crippen LogP contribution in [0.2, 0.25) is 5.02 Å². The van der Waals surface area contributed by atoms with E-state index in [9.17, 15) is 0 Å². The summed E-state index contributed by atoms with van der Waals surface area (Å²) in [5.74, 6) is -0.207. The summed E-state index contributed by atoms with van der Waals surface area (Å²) in [6.45, 7) is 12.2. The van der Waals surface area contributed by atoms with Gasteiger partial charge < -0.3 is 14.4 Å². The zero-order valence-electron chi connectivity index (χ0n) is 21.7. The molecule has 4 aromatic rings. The van der Waals surface area contributed by atoms with Crippen LogP contribution in [-0.2, 0) is 0 Å². The van der Waals surface area contributed by atoms with Gasteiger partial charge in [-0.1, -0.05) is 41.4 Å². The summed E-state index contributed by atoms with van der Waals surface area (Å²) < 4.78 is 18.7. The van der Waals surface area contributed by atoms with Crippen molar-refractivity contribution in [2.24, 2.45) is 0 Å². The van der Waals surface area contributed by atoms with Gasteiger partial charge in [0, 0.05) is 63.4 Å². The molecule has 0 N–H and O–H groups in total. The molecule has 5 rings (SSSR count). The number of halogens is 3. The number of piperazine rings is 1. The highest BCUT2D eigenvalue weighted by atomic mass is 127. The number of nitrogens with zero attached hydrogens (tertiary/aromatic N) is 3. The average molecular weight is 628 g/mol. The van der Waals surface area contributed by atoms with Crippen molar-refractivity contribution in [3.05, 3.63) is 92.4 Å². The van der Waals surface area contributed by atoms with Crippen molar-refractivity contribution in [3.63, 3.8) is 0 Å². The molecular weight excluding hydrogens is 596 g/mol. The van der Waals surface area contributed by atoms with E-state index in [1.807, 2.05) is 12.1 Å². The van der Waals surface area contributed by atoms with Crippen molar-refractivity contribution >= 4 is 45.6 Å². The highest BCUT2D eigenvalue weighted by Crippen LogP contribution is 2.43. The van der Waals surface area contributed by atoms with E-state index >= 15 is 4.39 Å². The van der Waals surface area contributed by atoms with E-state index in [1.165, 1.54) is 16.9 Å². The van der Waals surface area contributed by atoms with Crippen molar-refractivity contribution < 1.29 is 4.39 Å². The predicted octanol–water partition coefficient (Wildman–Crippen LogP) is 8.74. The number of rotatable bonds is 5. The molecule has 1 saturated heterocycles. The van der Waals surface area contributed by atoms with Crippen molar-refractivity contribution in [1.29, 1.82) is 0 Å². The van der Waals surface area contributed by atoms with Crippen LogP contribution < -0.4 is 9.80 Å². The number of hydrogen-bond donors (Lipinski definition) is 0. The smallest absolute Gasteiger partial charge is 0.125 e. The Kier molecular flexibility index (Phi) is 7.55. The van der Waals surface area contributed by atoms with E-state index in [4.69, 9.17) is 11.6 Å². The van der Waals surface area contributed by atoms with Gasteiger partial charge in [-0.05, 0) is 104 Å². The molecule has 0 amide bonds. The molecule has 0 bridgehead atoms. The Morgan fingerprint density at radius 2 is 1.38 bits per heavy atom. The fourth-order valence-corrected chi connectivity index (χ4v) is 6.31. The molecule has 3 aromatic carbocycles. The predicted molar refractivity (Wildman–Crippen MR) is 164 cm³/mol. The van der Waals surface area contributed by atoms with Crippen LogP contribution in [0, 0.1) is 23.2 Å². The molecule has 0 aliphatic carbocycles. The fraction of sp³-hybridized carbons (Fsp3) is 0.290. The zero-order valence-corrected chi connectivity index (χ0v) is 24.6. The van der Waals surface area contributed by atoms with Crippen LogP contribution in [0.25, 0.3) is 22.4 Å². The van der Waals surface area contributed by atoms with E-state index in [-0.39, 0.29) is 11.9 Å². The Labute approximate surface area is 238 Å². The number of aryl methyl sites for hydroxylation is 1. The van der Waals surface area contributed by atoms with Crippen LogP contribution >= 0.6 is 34.2 Å². The van der Waals surface area contributed by atoms with E-state index in [2.05, 4.69) is 107 Å². The van der Waals surface area contributed by atoms with E-state index in [0.717, 1.165) is 57.8 Å². The molecule has 0 radical (unpaired) electrons. The first-order chi connectivity index (χ1) is 17.7. The van der Waals surface area contributed by atoms with Crippen molar-refractivity contribution in [3.8, 4) is 22.4 Å². The molecule has 0 spiro atoms. The van der Waals surface area contributed by atoms with Gasteiger partial charge in [0.15, 0.2) is 0 Å². The summed E-state index contributed by atoms with van der Waals surface area (Å²) in [4.78, 5) is 4.71. The molecule has 1 aliphatic heterocycles. The summed E-state index contributed by atoms with van der Waals surface area (Å²) in [5.41, 5.74) is 8.81. The lowest BCUT2D eigenvalue weighted by Gasteiger charge is -2.37. The highest BCUT2D eigenvalue weighted by molar-refractivity contribution is 14.1. The zero-order chi connectivity index (χ0) is 26.3. The van der Waals surface area contributed by atoms with Crippen LogP contribution in [-0.4, -0.2) is 30.7 Å². The van der Waals surface area contributed by atoms with Gasteiger partial charge >= 0.3 is 0 Å². The minimum atomic E-state index is -0.207. The maximum Gasteiger partial charge on any atom is 0.125 e. The van der Waals surface area contributed by atoms with E-state index in [0.29, 0.717) is 5.02 Å². The molecule has 0 unspecified atom stereocenters. The third-order valence-corrected chi connectivity index (χ3v) is 8.80. The summed E-state index contributed by atoms with van der Waals surface area (Å²) >= 11 is 8.63. The van der Waals surface area contributed by atoms with Crippen LogP contribution in [0.1, 0.15) is 31.1 Å². The van der Waals surface area contributed by atoms with Gasteiger partial charge in [-0.3, -0.25) is 0 Å². The maximum absolute atomic E-state index is 15.2. The molecule has 1 aromatic heterocycles. The Hall–Kier alpha value is -2.51. The number of hydrogen-bond acceptors (Lipinski definition) is 2. The van der Waals surface area contributed by atoms with Gasteiger partial charge in [-0.2, -0.15) is 0 Å². The summed E-state index contributed by atoms with van der Waals surface area (Å²) in [5, 5.41) is 0.706. The number of aromatic nitrogens is 1. The second-order valence-electron chi connectivity index (χ2n) is 10.1. The lowest BCUT2D eigenvalue weighted by molar-refractivity contribution is 0.594. The summed E-state index contributed by atoms with van der Waals surface area (Å²) in [6.07, 6.45) is 0. The Morgan fingerprint density at radius 1 is 0.784 bits per heavy atom. The topological polar surface area (TPSA) is 11.4 Å². The van der Waals surface area contributed by atoms with Crippen molar-refractivity contribution in [2.75, 3.05) is 36.0 Å². The molecule has 1 aliphatic rings. The minimum absolute atomic E-state index is 0.207. The van der Waals surface area contributed by atoms with Crippen molar-refractivity contribution in [1.82, 2.24) is 4.57 Å². The van der Waals surface area contributed by atoms with E-state index in [1.54, 1.807) is 12.1 Å². The minimum Gasteiger partial charge on any atom is -0.368 e. The second-order valence-corrected chi connectivity index (χ2v) is 11.6. The van der Waals surface area contributed by atoms with Gasteiger partial charge in [0.1, 0.15) is 5.82 Å². The Bertz CT molecular complexity index is 1400. The third-order valence-electron chi connectivity index (χ3n) is 7.23. The summed E-state index contributed by atoms with van der Waals surface area (Å²) in [6, 6.07) is 22.4. The van der Waals surface area contributed by atoms with Crippen LogP contribution in [0.3, 0.4) is 0 Å². The third kappa shape index (κ3) is 5.26. The summed E-state index contributed by atoms with van der Waals surface area (Å²) in [7, 11) is 0. The van der Waals surface area contributed by atoms with Gasteiger partial charge in [-0.25, -0.2) is 4.39 Å². The van der Waals surface area contributed by atoms with Crippen molar-refractivity contribution in [2.45, 2.75) is 33.7 Å². The Balaban J connectivity index is 1.52.